The van der Waals surface area contributed by atoms with Crippen LogP contribution in [0, 0.1) is 11.8 Å². The van der Waals surface area contributed by atoms with Gasteiger partial charge in [0.05, 0.1) is 6.10 Å². The zero-order chi connectivity index (χ0) is 26.1. The van der Waals surface area contributed by atoms with Crippen LogP contribution in [0.25, 0.3) is 0 Å². The molecule has 0 spiro atoms. The summed E-state index contributed by atoms with van der Waals surface area (Å²) in [6.45, 7) is 7.10. The van der Waals surface area contributed by atoms with Gasteiger partial charge < -0.3 is 25.0 Å². The number of rotatable bonds is 16. The molecule has 1 unspecified atom stereocenters. The number of methoxy groups -OCH3 is 1. The Labute approximate surface area is 226 Å². The van der Waals surface area contributed by atoms with Crippen LogP contribution in [0.1, 0.15) is 95.6 Å². The Hall–Kier alpha value is -1.63. The van der Waals surface area contributed by atoms with Gasteiger partial charge in [-0.05, 0) is 50.1 Å². The molecule has 1 aliphatic carbocycles. The van der Waals surface area contributed by atoms with Gasteiger partial charge in [-0.25, -0.2) is 4.79 Å². The lowest BCUT2D eigenvalue weighted by Crippen LogP contribution is -2.52. The predicted molar refractivity (Wildman–Crippen MR) is 152 cm³/mol. The molecule has 6 nitrogen and oxygen atoms in total. The SMILES string of the molecule is CCCCCNC[C@H](CC1CCCCC1)NC(=O)N1CCC[C@@H](C(OCCCOC)c2ccccc2)C1. The maximum atomic E-state index is 13.5. The Morgan fingerprint density at radius 3 is 2.59 bits per heavy atom. The lowest BCUT2D eigenvalue weighted by Gasteiger charge is -2.38. The second-order valence-corrected chi connectivity index (χ2v) is 11.2. The highest BCUT2D eigenvalue weighted by molar-refractivity contribution is 5.74. The highest BCUT2D eigenvalue weighted by Gasteiger charge is 2.32. The zero-order valence-electron chi connectivity index (χ0n) is 23.6. The quantitative estimate of drug-likeness (QED) is 0.253. The summed E-state index contributed by atoms with van der Waals surface area (Å²) < 4.78 is 11.6. The van der Waals surface area contributed by atoms with E-state index in [1.807, 2.05) is 4.90 Å². The highest BCUT2D eigenvalue weighted by Crippen LogP contribution is 2.33. The molecule has 37 heavy (non-hydrogen) atoms. The fraction of sp³-hybridized carbons (Fsp3) is 0.774. The van der Waals surface area contributed by atoms with Crippen LogP contribution in [0.3, 0.4) is 0 Å². The molecule has 0 aromatic heterocycles. The van der Waals surface area contributed by atoms with E-state index >= 15 is 0 Å². The summed E-state index contributed by atoms with van der Waals surface area (Å²) in [5, 5.41) is 7.09. The molecule has 1 saturated heterocycles. The van der Waals surface area contributed by atoms with E-state index in [-0.39, 0.29) is 18.2 Å². The fourth-order valence-electron chi connectivity index (χ4n) is 6.06. The third kappa shape index (κ3) is 10.9. The monoisotopic (exact) mass is 515 g/mol. The lowest BCUT2D eigenvalue weighted by atomic mass is 9.84. The van der Waals surface area contributed by atoms with Gasteiger partial charge in [-0.3, -0.25) is 0 Å². The van der Waals surface area contributed by atoms with Gasteiger partial charge in [0.2, 0.25) is 0 Å². The van der Waals surface area contributed by atoms with Crippen molar-refractivity contribution in [2.75, 3.05) is 46.5 Å². The second kappa shape index (κ2) is 17.8. The largest absolute Gasteiger partial charge is 0.385 e. The van der Waals surface area contributed by atoms with E-state index in [0.717, 1.165) is 57.8 Å². The van der Waals surface area contributed by atoms with E-state index < -0.39 is 0 Å². The second-order valence-electron chi connectivity index (χ2n) is 11.2. The molecule has 1 aliphatic heterocycles. The number of likely N-dealkylation sites (tertiary alicyclic amines) is 1. The number of carbonyl (C=O) groups excluding carboxylic acids is 1. The molecule has 0 bridgehead atoms. The van der Waals surface area contributed by atoms with E-state index in [1.54, 1.807) is 7.11 Å². The van der Waals surface area contributed by atoms with E-state index in [9.17, 15) is 4.79 Å². The smallest absolute Gasteiger partial charge is 0.317 e. The average molecular weight is 516 g/mol. The van der Waals surface area contributed by atoms with E-state index in [1.165, 1.54) is 56.9 Å². The summed E-state index contributed by atoms with van der Waals surface area (Å²) in [6.07, 6.45) is 14.5. The molecule has 1 saturated carbocycles. The first kappa shape index (κ1) is 29.9. The first-order chi connectivity index (χ1) is 18.2. The lowest BCUT2D eigenvalue weighted by molar-refractivity contribution is -0.0168. The molecule has 2 fully saturated rings. The van der Waals surface area contributed by atoms with Crippen molar-refractivity contribution < 1.29 is 14.3 Å². The van der Waals surface area contributed by atoms with Gasteiger partial charge in [0.25, 0.3) is 0 Å². The van der Waals surface area contributed by atoms with Gasteiger partial charge in [0, 0.05) is 51.9 Å². The molecule has 1 aromatic carbocycles. The third-order valence-electron chi connectivity index (χ3n) is 8.11. The summed E-state index contributed by atoms with van der Waals surface area (Å²) in [6, 6.07) is 10.8. The van der Waals surface area contributed by atoms with Gasteiger partial charge in [-0.2, -0.15) is 0 Å². The maximum Gasteiger partial charge on any atom is 0.317 e. The number of ether oxygens (including phenoxy) is 2. The van der Waals surface area contributed by atoms with Gasteiger partial charge in [-0.15, -0.1) is 0 Å². The first-order valence-electron chi connectivity index (χ1n) is 15.1. The van der Waals surface area contributed by atoms with Crippen molar-refractivity contribution in [1.82, 2.24) is 15.5 Å². The summed E-state index contributed by atoms with van der Waals surface area (Å²) >= 11 is 0. The maximum absolute atomic E-state index is 13.5. The molecule has 2 aliphatic rings. The fourth-order valence-corrected chi connectivity index (χ4v) is 6.06. The van der Waals surface area contributed by atoms with Crippen molar-refractivity contribution in [2.45, 2.75) is 96.1 Å². The van der Waals surface area contributed by atoms with Crippen molar-refractivity contribution in [3.05, 3.63) is 35.9 Å². The average Bonchev–Trinajstić information content (AvgIpc) is 2.94. The number of carbonyl (C=O) groups is 1. The zero-order valence-corrected chi connectivity index (χ0v) is 23.6. The summed E-state index contributed by atoms with van der Waals surface area (Å²) in [5.74, 6) is 1.04. The van der Waals surface area contributed by atoms with Crippen LogP contribution in [0.2, 0.25) is 0 Å². The van der Waals surface area contributed by atoms with Crippen LogP contribution < -0.4 is 10.6 Å². The van der Waals surface area contributed by atoms with Crippen LogP contribution in [0.4, 0.5) is 4.79 Å². The Morgan fingerprint density at radius 2 is 1.84 bits per heavy atom. The molecule has 2 amide bonds. The number of nitrogens with zero attached hydrogens (tertiary/aromatic N) is 1. The molecular weight excluding hydrogens is 462 g/mol. The number of urea groups is 1. The van der Waals surface area contributed by atoms with Crippen LogP contribution in [-0.4, -0.2) is 63.5 Å². The Kier molecular flexibility index (Phi) is 14.4. The highest BCUT2D eigenvalue weighted by atomic mass is 16.5. The number of amides is 2. The molecule has 3 atom stereocenters. The molecule has 6 heteroatoms. The molecule has 1 aromatic rings. The number of piperidine rings is 1. The van der Waals surface area contributed by atoms with Crippen LogP contribution >= 0.6 is 0 Å². The summed E-state index contributed by atoms with van der Waals surface area (Å²) in [5.41, 5.74) is 1.21. The summed E-state index contributed by atoms with van der Waals surface area (Å²) in [4.78, 5) is 15.6. The molecule has 1 heterocycles. The Balaban J connectivity index is 1.58. The summed E-state index contributed by atoms with van der Waals surface area (Å²) in [7, 11) is 1.73. The molecule has 3 rings (SSSR count). The molecule has 2 N–H and O–H groups in total. The van der Waals surface area contributed by atoms with Crippen LogP contribution in [0.5, 0.6) is 0 Å². The molecular formula is C31H53N3O3. The van der Waals surface area contributed by atoms with Crippen molar-refractivity contribution >= 4 is 6.03 Å². The topological polar surface area (TPSA) is 62.8 Å². The normalized spacial score (nSPS) is 20.5. The van der Waals surface area contributed by atoms with Gasteiger partial charge in [0.1, 0.15) is 0 Å². The number of nitrogens with one attached hydrogen (secondary N) is 2. The van der Waals surface area contributed by atoms with Gasteiger partial charge >= 0.3 is 6.03 Å². The molecule has 0 radical (unpaired) electrons. The van der Waals surface area contributed by atoms with Crippen molar-refractivity contribution in [2.24, 2.45) is 11.8 Å². The molecule has 210 valence electrons. The number of unbranched alkanes of at least 4 members (excludes halogenated alkanes) is 2. The van der Waals surface area contributed by atoms with Crippen LogP contribution in [0.15, 0.2) is 30.3 Å². The van der Waals surface area contributed by atoms with E-state index in [2.05, 4.69) is 47.9 Å². The number of hydrogen-bond acceptors (Lipinski definition) is 4. The van der Waals surface area contributed by atoms with E-state index in [0.29, 0.717) is 19.1 Å². The van der Waals surface area contributed by atoms with Crippen LogP contribution in [-0.2, 0) is 9.47 Å². The van der Waals surface area contributed by atoms with E-state index in [4.69, 9.17) is 9.47 Å². The third-order valence-corrected chi connectivity index (χ3v) is 8.11. The van der Waals surface area contributed by atoms with Gasteiger partial charge in [-0.1, -0.05) is 82.2 Å². The Bertz CT molecular complexity index is 726. The van der Waals surface area contributed by atoms with Crippen molar-refractivity contribution in [1.29, 1.82) is 0 Å². The standard InChI is InChI=1S/C31H53N3O3/c1-3-4-11-19-32-24-29(23-26-14-7-5-8-15-26)33-31(35)34-20-12-18-28(25-34)30(37-22-13-21-36-2)27-16-9-6-10-17-27/h6,9-10,16-17,26,28-30,32H,3-5,7-8,11-15,18-25H2,1-2H3,(H,33,35)/t28-,29+,30?/m1/s1. The first-order valence-corrected chi connectivity index (χ1v) is 15.1. The predicted octanol–water partition coefficient (Wildman–Crippen LogP) is 6.32. The minimum Gasteiger partial charge on any atom is -0.385 e. The Morgan fingerprint density at radius 1 is 1.03 bits per heavy atom. The minimum atomic E-state index is 0.00641. The van der Waals surface area contributed by atoms with Crippen molar-refractivity contribution in [3.63, 3.8) is 0 Å². The minimum absolute atomic E-state index is 0.00641. The van der Waals surface area contributed by atoms with Gasteiger partial charge in [0.15, 0.2) is 0 Å². The van der Waals surface area contributed by atoms with Crippen molar-refractivity contribution in [3.8, 4) is 0 Å². The number of hydrogen-bond donors (Lipinski definition) is 2. The number of benzene rings is 1.